The van der Waals surface area contributed by atoms with Gasteiger partial charge in [-0.05, 0) is 97.3 Å². The SMILES string of the molecule is CC[C@H]1OC(=O)/C(C)=C/[C@H](C)[C@@H](O[C@@H]2O[C@H](C)C[C@H](N(C)C)[C@H]2O)[C@](C)(OC)C[C@@H](C)C(=O)[C@@H](C)[C@H]2N(CCc3ccc(Oc4ccccc4)cc3)C(=O)O[C@]12C. The highest BCUT2D eigenvalue weighted by Crippen LogP contribution is 2.43. The zero-order valence-electron chi connectivity index (χ0n) is 35.6. The molecule has 0 bridgehead atoms. The largest absolute Gasteiger partial charge is 0.457 e. The van der Waals surface area contributed by atoms with Crippen LogP contribution >= 0.6 is 0 Å². The number of esters is 1. The van der Waals surface area contributed by atoms with E-state index in [1.54, 1.807) is 31.9 Å². The van der Waals surface area contributed by atoms with E-state index in [4.69, 9.17) is 28.4 Å². The summed E-state index contributed by atoms with van der Waals surface area (Å²) in [7, 11) is 5.41. The monoisotopic (exact) mass is 792 g/mol. The first-order valence-corrected chi connectivity index (χ1v) is 20.4. The third kappa shape index (κ3) is 9.74. The van der Waals surface area contributed by atoms with Crippen molar-refractivity contribution < 1.29 is 47.9 Å². The van der Waals surface area contributed by atoms with Gasteiger partial charge in [-0.2, -0.15) is 0 Å². The second-order valence-corrected chi connectivity index (χ2v) is 17.0. The molecule has 2 saturated heterocycles. The standard InChI is InChI=1S/C45H64N2O10/c1-12-36-45(8)39(47(43(51)57-45)23-22-32-18-20-34(21-19-32)54-33-16-14-13-15-17-33)31(6)37(48)29(4)26-44(7,52-11)40(27(2)24-28(3)41(50)55-36)56-42-38(49)35(46(9)10)25-30(5)53-42/h13-21,24,27,29-31,35-36,38-40,42,49H,12,22-23,25-26H2,1-11H3/b28-24+/t27-,29+,30+,31+,35-,36+,38+,39+,40+,42-,44+,45+/m0/s1. The van der Waals surface area contributed by atoms with Crippen LogP contribution in [-0.2, 0) is 39.7 Å². The van der Waals surface area contributed by atoms with Crippen LogP contribution in [0, 0.1) is 17.8 Å². The fraction of sp³-hybridized carbons (Fsp3) is 0.622. The third-order valence-electron chi connectivity index (χ3n) is 12.3. The van der Waals surface area contributed by atoms with Gasteiger partial charge in [0.25, 0.3) is 0 Å². The minimum Gasteiger partial charge on any atom is -0.457 e. The summed E-state index contributed by atoms with van der Waals surface area (Å²) in [5.74, 6) is -0.953. The second kappa shape index (κ2) is 18.4. The van der Waals surface area contributed by atoms with Crippen molar-refractivity contribution in [2.45, 2.75) is 135 Å². The number of aliphatic hydroxyl groups excluding tert-OH is 1. The number of hydrogen-bond acceptors (Lipinski definition) is 11. The van der Waals surface area contributed by atoms with Gasteiger partial charge in [0, 0.05) is 43.0 Å². The molecule has 3 heterocycles. The number of fused-ring (bicyclic) bond motifs is 1. The fourth-order valence-corrected chi connectivity index (χ4v) is 9.21. The summed E-state index contributed by atoms with van der Waals surface area (Å²) in [5.41, 5.74) is -1.10. The van der Waals surface area contributed by atoms with Crippen molar-refractivity contribution >= 4 is 17.8 Å². The molecule has 57 heavy (non-hydrogen) atoms. The van der Waals surface area contributed by atoms with Crippen LogP contribution < -0.4 is 4.74 Å². The number of amides is 1. The van der Waals surface area contributed by atoms with Crippen LogP contribution in [0.5, 0.6) is 11.5 Å². The molecule has 3 aliphatic heterocycles. The number of likely N-dealkylation sites (N-methyl/N-ethyl adjacent to an activating group) is 1. The molecular formula is C45H64N2O10. The minimum absolute atomic E-state index is 0.0909. The van der Waals surface area contributed by atoms with Crippen LogP contribution in [0.1, 0.15) is 80.2 Å². The van der Waals surface area contributed by atoms with Crippen LogP contribution in [-0.4, -0.2) is 114 Å². The van der Waals surface area contributed by atoms with Crippen LogP contribution in [0.4, 0.5) is 4.79 Å². The van der Waals surface area contributed by atoms with Gasteiger partial charge in [0.1, 0.15) is 29.5 Å². The number of carbonyl (C=O) groups is 3. The van der Waals surface area contributed by atoms with Crippen LogP contribution in [0.3, 0.4) is 0 Å². The van der Waals surface area contributed by atoms with Gasteiger partial charge in [0.15, 0.2) is 11.9 Å². The lowest BCUT2D eigenvalue weighted by Gasteiger charge is -2.47. The second-order valence-electron chi connectivity index (χ2n) is 17.0. The molecule has 314 valence electrons. The molecular weight excluding hydrogens is 728 g/mol. The minimum atomic E-state index is -1.33. The number of carbonyl (C=O) groups excluding carboxylic acids is 3. The van der Waals surface area contributed by atoms with Crippen LogP contribution in [0.15, 0.2) is 66.2 Å². The highest BCUT2D eigenvalue weighted by molar-refractivity contribution is 5.88. The van der Waals surface area contributed by atoms with Crippen molar-refractivity contribution in [3.8, 4) is 11.5 Å². The predicted molar refractivity (Wildman–Crippen MR) is 216 cm³/mol. The average molecular weight is 793 g/mol. The number of para-hydroxylation sites is 1. The molecule has 12 heteroatoms. The van der Waals surface area contributed by atoms with Crippen LogP contribution in [0.2, 0.25) is 0 Å². The maximum Gasteiger partial charge on any atom is 0.410 e. The van der Waals surface area contributed by atoms with Gasteiger partial charge < -0.3 is 38.4 Å². The third-order valence-corrected chi connectivity index (χ3v) is 12.3. The number of methoxy groups -OCH3 is 1. The molecule has 0 aromatic heterocycles. The van der Waals surface area contributed by atoms with Crippen molar-refractivity contribution in [1.29, 1.82) is 0 Å². The Morgan fingerprint density at radius 2 is 1.61 bits per heavy atom. The molecule has 12 nitrogen and oxygen atoms in total. The number of cyclic esters (lactones) is 1. The first kappa shape index (κ1) is 44.3. The van der Waals surface area contributed by atoms with Crippen molar-refractivity contribution in [3.05, 3.63) is 71.8 Å². The summed E-state index contributed by atoms with van der Waals surface area (Å²) in [6, 6.07) is 16.3. The summed E-state index contributed by atoms with van der Waals surface area (Å²) in [6.07, 6.45) is -0.804. The molecule has 2 fully saturated rings. The molecule has 1 N–H and O–H groups in total. The van der Waals surface area contributed by atoms with Gasteiger partial charge >= 0.3 is 12.1 Å². The Hall–Kier alpha value is -3.81. The first-order chi connectivity index (χ1) is 26.9. The first-order valence-electron chi connectivity index (χ1n) is 20.4. The number of nitrogens with zero attached hydrogens (tertiary/aromatic N) is 2. The molecule has 0 aliphatic carbocycles. The molecule has 2 aromatic rings. The van der Waals surface area contributed by atoms with E-state index in [0.717, 1.165) is 11.3 Å². The van der Waals surface area contributed by atoms with E-state index >= 15 is 0 Å². The molecule has 0 unspecified atom stereocenters. The van der Waals surface area contributed by atoms with Gasteiger partial charge in [-0.1, -0.05) is 64.1 Å². The molecule has 12 atom stereocenters. The van der Waals surface area contributed by atoms with Crippen LogP contribution in [0.25, 0.3) is 0 Å². The van der Waals surface area contributed by atoms with E-state index in [1.807, 2.05) is 115 Å². The lowest BCUT2D eigenvalue weighted by atomic mass is 9.74. The highest BCUT2D eigenvalue weighted by atomic mass is 16.7. The molecule has 0 radical (unpaired) electrons. The Balaban J connectivity index is 1.46. The van der Waals surface area contributed by atoms with Gasteiger partial charge in [-0.25, -0.2) is 9.59 Å². The average Bonchev–Trinajstić information content (AvgIpc) is 3.44. The number of Topliss-reactive ketones (excluding diaryl/α,β-unsaturated/α-hetero) is 1. The zero-order valence-corrected chi connectivity index (χ0v) is 35.6. The zero-order chi connectivity index (χ0) is 41.8. The van der Waals surface area contributed by atoms with Crippen molar-refractivity contribution in [2.24, 2.45) is 17.8 Å². The van der Waals surface area contributed by atoms with Gasteiger partial charge in [-0.3, -0.25) is 9.69 Å². The molecule has 5 rings (SSSR count). The Bertz CT molecular complexity index is 1720. The van der Waals surface area contributed by atoms with E-state index in [0.29, 0.717) is 30.6 Å². The highest BCUT2D eigenvalue weighted by Gasteiger charge is 2.60. The maximum absolute atomic E-state index is 14.7. The van der Waals surface area contributed by atoms with Gasteiger partial charge in [-0.15, -0.1) is 0 Å². The Morgan fingerprint density at radius 3 is 2.23 bits per heavy atom. The smallest absolute Gasteiger partial charge is 0.410 e. The normalized spacial score (nSPS) is 36.5. The molecule has 0 spiro atoms. The lowest BCUT2D eigenvalue weighted by Crippen LogP contribution is -2.59. The Kier molecular flexibility index (Phi) is 14.3. The molecule has 3 aliphatic rings. The number of aliphatic hydroxyl groups is 1. The predicted octanol–water partition coefficient (Wildman–Crippen LogP) is 6.97. The summed E-state index contributed by atoms with van der Waals surface area (Å²) >= 11 is 0. The van der Waals surface area contributed by atoms with E-state index in [2.05, 4.69) is 0 Å². The van der Waals surface area contributed by atoms with Gasteiger partial charge in [0.2, 0.25) is 0 Å². The number of rotatable bonds is 10. The number of hydrogen-bond donors (Lipinski definition) is 1. The summed E-state index contributed by atoms with van der Waals surface area (Å²) in [4.78, 5) is 46.1. The van der Waals surface area contributed by atoms with E-state index in [-0.39, 0.29) is 30.9 Å². The summed E-state index contributed by atoms with van der Waals surface area (Å²) in [5, 5.41) is 11.4. The number of ether oxygens (including phenoxy) is 6. The molecule has 2 aromatic carbocycles. The van der Waals surface area contributed by atoms with E-state index in [1.165, 1.54) is 0 Å². The van der Waals surface area contributed by atoms with Crippen molar-refractivity contribution in [1.82, 2.24) is 9.80 Å². The number of benzene rings is 2. The summed E-state index contributed by atoms with van der Waals surface area (Å²) in [6.45, 7) is 15.1. The lowest BCUT2D eigenvalue weighted by molar-refractivity contribution is -0.294. The quantitative estimate of drug-likeness (QED) is 0.250. The number of ketones is 1. The maximum atomic E-state index is 14.7. The molecule has 0 saturated carbocycles. The van der Waals surface area contributed by atoms with Crippen molar-refractivity contribution in [2.75, 3.05) is 27.7 Å². The fourth-order valence-electron chi connectivity index (χ4n) is 9.21. The summed E-state index contributed by atoms with van der Waals surface area (Å²) < 4.78 is 37.5. The Labute approximate surface area is 338 Å². The van der Waals surface area contributed by atoms with Gasteiger partial charge in [0.05, 0.1) is 23.9 Å². The van der Waals surface area contributed by atoms with Crippen molar-refractivity contribution in [3.63, 3.8) is 0 Å². The molecule has 1 amide bonds. The van der Waals surface area contributed by atoms with E-state index in [9.17, 15) is 19.5 Å². The topological polar surface area (TPSA) is 133 Å². The van der Waals surface area contributed by atoms with E-state index < -0.39 is 71.7 Å². The Morgan fingerprint density at radius 1 is 0.965 bits per heavy atom.